The van der Waals surface area contributed by atoms with Crippen molar-refractivity contribution in [2.75, 3.05) is 18.4 Å². The molecule has 0 radical (unpaired) electrons. The van der Waals surface area contributed by atoms with Gasteiger partial charge in [-0.1, -0.05) is 13.8 Å². The van der Waals surface area contributed by atoms with Crippen LogP contribution in [0.25, 0.3) is 11.3 Å². The van der Waals surface area contributed by atoms with E-state index in [0.29, 0.717) is 42.5 Å². The zero-order valence-electron chi connectivity index (χ0n) is 15.3. The molecule has 0 unspecified atom stereocenters. The molecule has 4 N–H and O–H groups in total. The van der Waals surface area contributed by atoms with Crippen molar-refractivity contribution in [3.63, 3.8) is 0 Å². The predicted octanol–water partition coefficient (Wildman–Crippen LogP) is 2.07. The molecular weight excluding hydrogens is 366 g/mol. The van der Waals surface area contributed by atoms with Gasteiger partial charge in [0.1, 0.15) is 5.69 Å². The number of likely N-dealkylation sites (tertiary alicyclic amines) is 1. The van der Waals surface area contributed by atoms with Crippen LogP contribution in [-0.2, 0) is 9.59 Å². The van der Waals surface area contributed by atoms with Crippen LogP contribution in [0.4, 0.5) is 5.13 Å². The summed E-state index contributed by atoms with van der Waals surface area (Å²) in [6.45, 7) is 4.99. The minimum atomic E-state index is -0.535. The first-order chi connectivity index (χ1) is 12.8. The van der Waals surface area contributed by atoms with Crippen molar-refractivity contribution in [2.24, 2.45) is 17.6 Å². The van der Waals surface area contributed by atoms with Gasteiger partial charge in [-0.2, -0.15) is 0 Å². The molecule has 144 valence electrons. The second-order valence-corrected chi connectivity index (χ2v) is 7.81. The first-order valence-electron chi connectivity index (χ1n) is 8.89. The lowest BCUT2D eigenvalue weighted by Gasteiger charge is -2.32. The zero-order chi connectivity index (χ0) is 19.6. The number of amides is 3. The van der Waals surface area contributed by atoms with E-state index < -0.39 is 5.91 Å². The fourth-order valence-electron chi connectivity index (χ4n) is 3.08. The van der Waals surface area contributed by atoms with Gasteiger partial charge in [0.15, 0.2) is 5.13 Å². The number of hydrogen-bond donors (Lipinski definition) is 3. The maximum Gasteiger partial charge on any atom is 0.265 e. The van der Waals surface area contributed by atoms with E-state index in [1.165, 1.54) is 11.3 Å². The zero-order valence-corrected chi connectivity index (χ0v) is 16.1. The summed E-state index contributed by atoms with van der Waals surface area (Å²) in [5.41, 5.74) is 6.95. The number of aromatic nitrogens is 2. The Morgan fingerprint density at radius 2 is 2.04 bits per heavy atom. The average Bonchev–Trinajstić information content (AvgIpc) is 3.30. The number of hydrogen-bond acceptors (Lipinski definition) is 5. The number of nitrogens with two attached hydrogens (primary N) is 1. The molecule has 1 aliphatic heterocycles. The van der Waals surface area contributed by atoms with Gasteiger partial charge in [-0.15, -0.1) is 11.3 Å². The Balaban J connectivity index is 1.57. The number of thiazole rings is 1. The Morgan fingerprint density at radius 3 is 2.63 bits per heavy atom. The number of H-pyrrole nitrogens is 1. The Labute approximate surface area is 161 Å². The molecule has 0 saturated carbocycles. The molecule has 0 spiro atoms. The predicted molar refractivity (Wildman–Crippen MR) is 103 cm³/mol. The van der Waals surface area contributed by atoms with Crippen molar-refractivity contribution in [1.82, 2.24) is 14.9 Å². The highest BCUT2D eigenvalue weighted by Crippen LogP contribution is 2.27. The summed E-state index contributed by atoms with van der Waals surface area (Å²) in [4.78, 5) is 44.7. The molecule has 0 aromatic carbocycles. The van der Waals surface area contributed by atoms with Crippen LogP contribution >= 0.6 is 11.3 Å². The lowest BCUT2D eigenvalue weighted by molar-refractivity contribution is -0.137. The van der Waals surface area contributed by atoms with E-state index in [1.807, 2.05) is 24.1 Å². The van der Waals surface area contributed by atoms with Crippen LogP contribution in [0.1, 0.15) is 37.2 Å². The van der Waals surface area contributed by atoms with E-state index in [4.69, 9.17) is 5.73 Å². The van der Waals surface area contributed by atoms with Crippen LogP contribution in [-0.4, -0.2) is 45.7 Å². The molecule has 0 bridgehead atoms. The maximum atomic E-state index is 12.5. The molecule has 0 aliphatic carbocycles. The van der Waals surface area contributed by atoms with Crippen LogP contribution in [0, 0.1) is 11.8 Å². The standard InChI is InChI=1S/C18H23N5O3S/c1-10(2)17(26)23-5-3-11(4-6-23)16(25)22-18-21-14(9-27-18)12-7-13(15(19)24)20-8-12/h7-11,20H,3-6H2,1-2H3,(H2,19,24)(H,21,22,25). The normalized spacial score (nSPS) is 15.1. The van der Waals surface area contributed by atoms with E-state index in [0.717, 1.165) is 5.56 Å². The van der Waals surface area contributed by atoms with Crippen LogP contribution in [0.3, 0.4) is 0 Å². The first-order valence-corrected chi connectivity index (χ1v) is 9.77. The second kappa shape index (κ2) is 7.91. The molecule has 2 aromatic rings. The Hall–Kier alpha value is -2.68. The van der Waals surface area contributed by atoms with Gasteiger partial charge in [-0.25, -0.2) is 4.98 Å². The average molecular weight is 389 g/mol. The van der Waals surface area contributed by atoms with E-state index in [1.54, 1.807) is 12.3 Å². The van der Waals surface area contributed by atoms with Gasteiger partial charge in [0, 0.05) is 42.1 Å². The number of anilines is 1. The third kappa shape index (κ3) is 4.36. The van der Waals surface area contributed by atoms with Crippen molar-refractivity contribution < 1.29 is 14.4 Å². The highest BCUT2D eigenvalue weighted by molar-refractivity contribution is 7.14. The monoisotopic (exact) mass is 389 g/mol. The van der Waals surface area contributed by atoms with E-state index >= 15 is 0 Å². The molecule has 0 atom stereocenters. The number of nitrogens with one attached hydrogen (secondary N) is 2. The molecule has 3 heterocycles. The fourth-order valence-corrected chi connectivity index (χ4v) is 3.81. The molecular formula is C18H23N5O3S. The largest absolute Gasteiger partial charge is 0.364 e. The summed E-state index contributed by atoms with van der Waals surface area (Å²) in [6.07, 6.45) is 2.97. The van der Waals surface area contributed by atoms with Gasteiger partial charge >= 0.3 is 0 Å². The lowest BCUT2D eigenvalue weighted by atomic mass is 9.95. The van der Waals surface area contributed by atoms with E-state index in [9.17, 15) is 14.4 Å². The molecule has 1 fully saturated rings. The minimum absolute atomic E-state index is 0.0207. The molecule has 3 rings (SSSR count). The molecule has 1 aliphatic rings. The van der Waals surface area contributed by atoms with Gasteiger partial charge in [0.25, 0.3) is 5.91 Å². The van der Waals surface area contributed by atoms with Crippen molar-refractivity contribution in [2.45, 2.75) is 26.7 Å². The van der Waals surface area contributed by atoms with Crippen LogP contribution < -0.4 is 11.1 Å². The molecule has 1 saturated heterocycles. The number of aromatic amines is 1. The summed E-state index contributed by atoms with van der Waals surface area (Å²) in [7, 11) is 0. The lowest BCUT2D eigenvalue weighted by Crippen LogP contribution is -2.43. The number of piperidine rings is 1. The maximum absolute atomic E-state index is 12.5. The van der Waals surface area contributed by atoms with Crippen LogP contribution in [0.5, 0.6) is 0 Å². The Morgan fingerprint density at radius 1 is 1.33 bits per heavy atom. The number of carbonyl (C=O) groups excluding carboxylic acids is 3. The molecule has 2 aromatic heterocycles. The SMILES string of the molecule is CC(C)C(=O)N1CCC(C(=O)Nc2nc(-c3c[nH]c(C(N)=O)c3)cs2)CC1. The highest BCUT2D eigenvalue weighted by atomic mass is 32.1. The van der Waals surface area contributed by atoms with Crippen LogP contribution in [0.2, 0.25) is 0 Å². The van der Waals surface area contributed by atoms with Crippen LogP contribution in [0.15, 0.2) is 17.6 Å². The molecule has 9 heteroatoms. The Bertz CT molecular complexity index is 849. The van der Waals surface area contributed by atoms with Gasteiger partial charge in [0.05, 0.1) is 5.69 Å². The molecule has 27 heavy (non-hydrogen) atoms. The quantitative estimate of drug-likeness (QED) is 0.725. The first kappa shape index (κ1) is 19.1. The molecule has 8 nitrogen and oxygen atoms in total. The fraction of sp³-hybridized carbons (Fsp3) is 0.444. The van der Waals surface area contributed by atoms with Gasteiger partial charge in [-0.3, -0.25) is 14.4 Å². The van der Waals surface area contributed by atoms with E-state index in [-0.39, 0.29) is 23.7 Å². The summed E-state index contributed by atoms with van der Waals surface area (Å²) >= 11 is 1.33. The molecule has 3 amide bonds. The van der Waals surface area contributed by atoms with Crippen molar-refractivity contribution >= 4 is 34.2 Å². The number of rotatable bonds is 5. The summed E-state index contributed by atoms with van der Waals surface area (Å²) in [5, 5.41) is 5.19. The highest BCUT2D eigenvalue weighted by Gasteiger charge is 2.28. The summed E-state index contributed by atoms with van der Waals surface area (Å²) in [5.74, 6) is -0.609. The van der Waals surface area contributed by atoms with Gasteiger partial charge < -0.3 is 20.9 Å². The van der Waals surface area contributed by atoms with Crippen molar-refractivity contribution in [1.29, 1.82) is 0 Å². The second-order valence-electron chi connectivity index (χ2n) is 6.95. The van der Waals surface area contributed by atoms with Crippen molar-refractivity contribution in [3.8, 4) is 11.3 Å². The topological polar surface area (TPSA) is 121 Å². The third-order valence-electron chi connectivity index (χ3n) is 4.65. The Kier molecular flexibility index (Phi) is 5.59. The smallest absolute Gasteiger partial charge is 0.265 e. The summed E-state index contributed by atoms with van der Waals surface area (Å²) < 4.78 is 0. The van der Waals surface area contributed by atoms with Gasteiger partial charge in [-0.05, 0) is 18.9 Å². The van der Waals surface area contributed by atoms with Crippen molar-refractivity contribution in [3.05, 3.63) is 23.3 Å². The number of primary amides is 1. The summed E-state index contributed by atoms with van der Waals surface area (Å²) in [6, 6.07) is 1.63. The van der Waals surface area contributed by atoms with Gasteiger partial charge in [0.2, 0.25) is 11.8 Å². The number of nitrogens with zero attached hydrogens (tertiary/aromatic N) is 2. The third-order valence-corrected chi connectivity index (χ3v) is 5.41. The van der Waals surface area contributed by atoms with E-state index in [2.05, 4.69) is 15.3 Å². The minimum Gasteiger partial charge on any atom is -0.364 e. The number of carbonyl (C=O) groups is 3.